The van der Waals surface area contributed by atoms with E-state index in [0.717, 1.165) is 38.6 Å². The predicted molar refractivity (Wildman–Crippen MR) is 217 cm³/mol. The molecule has 13 rings (SSSR count). The first-order valence-electron chi connectivity index (χ1n) is 17.8. The Kier molecular flexibility index (Phi) is 4.83. The summed E-state index contributed by atoms with van der Waals surface area (Å²) in [4.78, 5) is 10.9. The van der Waals surface area contributed by atoms with Crippen LogP contribution in [0.5, 0.6) is 0 Å². The lowest BCUT2D eigenvalue weighted by molar-refractivity contribution is 1.02. The summed E-state index contributed by atoms with van der Waals surface area (Å²) in [6.07, 6.45) is 0. The topological polar surface area (TPSA) is 35.6 Å². The summed E-state index contributed by atoms with van der Waals surface area (Å²) in [5.74, 6) is 0.681. The summed E-state index contributed by atoms with van der Waals surface area (Å²) in [5, 5.41) is 16.3. The second kappa shape index (κ2) is 9.39. The van der Waals surface area contributed by atoms with Crippen LogP contribution in [0.2, 0.25) is 0 Å². The highest BCUT2D eigenvalue weighted by atomic mass is 15.2. The molecular weight excluding hydrogens is 633 g/mol. The molecule has 4 nitrogen and oxygen atoms in total. The van der Waals surface area contributed by atoms with Crippen molar-refractivity contribution >= 4 is 97.6 Å². The summed E-state index contributed by atoms with van der Waals surface area (Å²) in [5.41, 5.74) is 8.82. The van der Waals surface area contributed by atoms with Crippen LogP contribution >= 0.6 is 0 Å². The number of nitrogens with zero attached hydrogens (tertiary/aromatic N) is 4. The number of para-hydroxylation sites is 1. The van der Waals surface area contributed by atoms with Gasteiger partial charge in [-0.3, -0.25) is 4.57 Å². The summed E-state index contributed by atoms with van der Waals surface area (Å²) in [6, 6.07) is 57.2. The Hall–Kier alpha value is -7.04. The minimum absolute atomic E-state index is 0.681. The number of hydrogen-bond acceptors (Lipinski definition) is 2. The van der Waals surface area contributed by atoms with Gasteiger partial charge in [-0.05, 0) is 69.4 Å². The molecule has 0 saturated heterocycles. The zero-order chi connectivity index (χ0) is 33.7. The van der Waals surface area contributed by atoms with Crippen molar-refractivity contribution in [2.45, 2.75) is 0 Å². The lowest BCUT2D eigenvalue weighted by Gasteiger charge is -2.14. The van der Waals surface area contributed by atoms with E-state index in [9.17, 15) is 0 Å². The van der Waals surface area contributed by atoms with Gasteiger partial charge in [0.15, 0.2) is 0 Å². The third kappa shape index (κ3) is 3.19. The largest absolute Gasteiger partial charge is 0.309 e. The fourth-order valence-electron chi connectivity index (χ4n) is 9.49. The summed E-state index contributed by atoms with van der Waals surface area (Å²) < 4.78 is 4.77. The zero-order valence-corrected chi connectivity index (χ0v) is 27.8. The number of fused-ring (bicyclic) bond motifs is 3. The molecule has 0 radical (unpaired) electrons. The van der Waals surface area contributed by atoms with Gasteiger partial charge in [-0.1, -0.05) is 115 Å². The van der Waals surface area contributed by atoms with Gasteiger partial charge in [0, 0.05) is 54.3 Å². The first kappa shape index (κ1) is 26.8. The quantitative estimate of drug-likeness (QED) is 0.177. The molecule has 0 aliphatic rings. The first-order valence-corrected chi connectivity index (χ1v) is 17.8. The maximum absolute atomic E-state index is 5.52. The maximum Gasteiger partial charge on any atom is 0.235 e. The van der Waals surface area contributed by atoms with Crippen LogP contribution in [-0.2, 0) is 0 Å². The molecule has 0 aliphatic carbocycles. The lowest BCUT2D eigenvalue weighted by Crippen LogP contribution is -2.04. The van der Waals surface area contributed by atoms with Gasteiger partial charge in [0.1, 0.15) is 0 Å². The molecule has 238 valence electrons. The third-order valence-electron chi connectivity index (χ3n) is 11.6. The Morgan fingerprint density at radius 1 is 0.327 bits per heavy atom. The van der Waals surface area contributed by atoms with Crippen molar-refractivity contribution < 1.29 is 0 Å². The van der Waals surface area contributed by atoms with Gasteiger partial charge in [-0.2, -0.15) is 0 Å². The normalized spacial score (nSPS) is 12.6. The van der Waals surface area contributed by atoms with Crippen LogP contribution in [-0.4, -0.2) is 19.1 Å². The molecule has 0 amide bonds. The first-order chi connectivity index (χ1) is 25.8. The minimum atomic E-state index is 0.681. The van der Waals surface area contributed by atoms with E-state index in [1.807, 2.05) is 0 Å². The second-order valence-corrected chi connectivity index (χ2v) is 14.1. The fourth-order valence-corrected chi connectivity index (χ4v) is 9.49. The smallest absolute Gasteiger partial charge is 0.235 e. The van der Waals surface area contributed by atoms with E-state index >= 15 is 0 Å². The summed E-state index contributed by atoms with van der Waals surface area (Å²) in [6.45, 7) is 0. The van der Waals surface area contributed by atoms with Gasteiger partial charge in [-0.15, -0.1) is 0 Å². The van der Waals surface area contributed by atoms with E-state index in [1.165, 1.54) is 76.0 Å². The van der Waals surface area contributed by atoms with E-state index in [0.29, 0.717) is 5.95 Å². The number of aromatic nitrogens is 4. The standard InChI is InChI=1S/C48H26N4/c1-3-10-31(11-4-1)47-42-33-14-8-7-9-27(33)17-22-34(42)49-48(50-47)52-37-25-20-29-16-15-28-18-23-35-43-39(28)40(29)45(37)46-38(52)26-21-30-19-24-36(44(43)41(30)46)51(35)32-12-5-2-6-13-32/h1-26H. The maximum atomic E-state index is 5.52. The van der Waals surface area contributed by atoms with Gasteiger partial charge >= 0.3 is 0 Å². The lowest BCUT2D eigenvalue weighted by atomic mass is 9.96. The highest BCUT2D eigenvalue weighted by Gasteiger charge is 2.27. The Morgan fingerprint density at radius 2 is 0.808 bits per heavy atom. The monoisotopic (exact) mass is 658 g/mol. The number of rotatable bonds is 3. The van der Waals surface area contributed by atoms with Crippen molar-refractivity contribution in [3.8, 4) is 22.9 Å². The zero-order valence-electron chi connectivity index (χ0n) is 27.8. The average Bonchev–Trinajstić information content (AvgIpc) is 3.69. The van der Waals surface area contributed by atoms with Crippen LogP contribution in [0.1, 0.15) is 0 Å². The van der Waals surface area contributed by atoms with Crippen LogP contribution < -0.4 is 0 Å². The van der Waals surface area contributed by atoms with Crippen molar-refractivity contribution in [2.24, 2.45) is 0 Å². The third-order valence-corrected chi connectivity index (χ3v) is 11.6. The van der Waals surface area contributed by atoms with Gasteiger partial charge in [0.25, 0.3) is 0 Å². The summed E-state index contributed by atoms with van der Waals surface area (Å²) >= 11 is 0. The molecule has 52 heavy (non-hydrogen) atoms. The Bertz CT molecular complexity index is 3560. The average molecular weight is 659 g/mol. The number of hydrogen-bond donors (Lipinski definition) is 0. The minimum Gasteiger partial charge on any atom is -0.309 e. The van der Waals surface area contributed by atoms with Crippen molar-refractivity contribution in [2.75, 3.05) is 0 Å². The predicted octanol–water partition coefficient (Wildman–Crippen LogP) is 12.4. The molecule has 0 fully saturated rings. The van der Waals surface area contributed by atoms with E-state index < -0.39 is 0 Å². The Morgan fingerprint density at radius 3 is 1.42 bits per heavy atom. The Balaban J connectivity index is 1.26. The molecule has 3 aromatic heterocycles. The van der Waals surface area contributed by atoms with Gasteiger partial charge < -0.3 is 4.57 Å². The molecule has 4 heteroatoms. The molecule has 10 aromatic carbocycles. The molecule has 13 aromatic rings. The van der Waals surface area contributed by atoms with Crippen molar-refractivity contribution in [3.63, 3.8) is 0 Å². The molecule has 0 atom stereocenters. The SMILES string of the molecule is c1ccc(-c2nc(-n3c4ccc5ccc6ccc7c8c6c5c4c4c5c(ccc(c58)n7-c5ccccc5)ccc43)nc3ccc4ccccc4c23)cc1. The highest BCUT2D eigenvalue weighted by Crippen LogP contribution is 2.51. The fraction of sp³-hybridized carbons (Fsp3) is 0. The molecule has 0 unspecified atom stereocenters. The number of benzene rings is 9. The van der Waals surface area contributed by atoms with E-state index in [1.54, 1.807) is 0 Å². The van der Waals surface area contributed by atoms with E-state index in [-0.39, 0.29) is 0 Å². The molecule has 0 saturated carbocycles. The molecule has 0 aliphatic heterocycles. The molecule has 0 spiro atoms. The van der Waals surface area contributed by atoms with E-state index in [2.05, 4.69) is 167 Å². The van der Waals surface area contributed by atoms with Crippen molar-refractivity contribution in [1.82, 2.24) is 19.1 Å². The van der Waals surface area contributed by atoms with Gasteiger partial charge in [0.2, 0.25) is 5.95 Å². The van der Waals surface area contributed by atoms with Crippen LogP contribution in [0, 0.1) is 0 Å². The molecular formula is C48H26N4. The van der Waals surface area contributed by atoms with E-state index in [4.69, 9.17) is 9.97 Å². The molecule has 0 bridgehead atoms. The van der Waals surface area contributed by atoms with Crippen molar-refractivity contribution in [1.29, 1.82) is 0 Å². The van der Waals surface area contributed by atoms with Gasteiger partial charge in [0.05, 0.1) is 33.3 Å². The second-order valence-electron chi connectivity index (χ2n) is 14.1. The van der Waals surface area contributed by atoms with Crippen LogP contribution in [0.15, 0.2) is 158 Å². The highest BCUT2D eigenvalue weighted by molar-refractivity contribution is 6.45. The van der Waals surface area contributed by atoms with Crippen LogP contribution in [0.4, 0.5) is 0 Å². The Labute approximate surface area is 296 Å². The van der Waals surface area contributed by atoms with Gasteiger partial charge in [-0.25, -0.2) is 9.97 Å². The summed E-state index contributed by atoms with van der Waals surface area (Å²) in [7, 11) is 0. The van der Waals surface area contributed by atoms with Crippen LogP contribution in [0.25, 0.3) is 120 Å². The van der Waals surface area contributed by atoms with Crippen LogP contribution in [0.3, 0.4) is 0 Å². The van der Waals surface area contributed by atoms with Crippen molar-refractivity contribution in [3.05, 3.63) is 158 Å². The molecule has 3 heterocycles. The molecule has 0 N–H and O–H groups in total.